The van der Waals surface area contributed by atoms with Crippen LogP contribution in [-0.2, 0) is 14.3 Å². The van der Waals surface area contributed by atoms with Gasteiger partial charge in [0, 0.05) is 6.61 Å². The number of carbonyl (C=O) groups excluding carboxylic acids is 1. The van der Waals surface area contributed by atoms with Crippen molar-refractivity contribution >= 4 is 6.29 Å². The van der Waals surface area contributed by atoms with Crippen LogP contribution in [0.1, 0.15) is 46.0 Å². The summed E-state index contributed by atoms with van der Waals surface area (Å²) in [5.74, 6) is 0. The summed E-state index contributed by atoms with van der Waals surface area (Å²) in [6, 6.07) is 0. The van der Waals surface area contributed by atoms with Crippen LogP contribution in [0.15, 0.2) is 23.3 Å². The summed E-state index contributed by atoms with van der Waals surface area (Å²) in [5.41, 5.74) is 2.34. The lowest BCUT2D eigenvalue weighted by atomic mass is 10.1. The van der Waals surface area contributed by atoms with Crippen molar-refractivity contribution in [2.24, 2.45) is 0 Å². The molecule has 1 aliphatic rings. The minimum Gasteiger partial charge on any atom is -0.353 e. The van der Waals surface area contributed by atoms with Gasteiger partial charge in [-0.2, -0.15) is 0 Å². The molecule has 3 nitrogen and oxygen atoms in total. The van der Waals surface area contributed by atoms with Crippen molar-refractivity contribution in [2.45, 2.75) is 52.2 Å². The second-order valence-corrected chi connectivity index (χ2v) is 4.85. The molecule has 0 N–H and O–H groups in total. The lowest BCUT2D eigenvalue weighted by Gasteiger charge is -2.22. The molecule has 18 heavy (non-hydrogen) atoms. The smallest absolute Gasteiger partial charge is 0.158 e. The van der Waals surface area contributed by atoms with Crippen molar-refractivity contribution in [1.29, 1.82) is 0 Å². The molecule has 0 aromatic heterocycles. The molecule has 1 unspecified atom stereocenters. The Morgan fingerprint density at radius 1 is 1.33 bits per heavy atom. The Kier molecular flexibility index (Phi) is 7.62. The lowest BCUT2D eigenvalue weighted by Crippen LogP contribution is -2.22. The van der Waals surface area contributed by atoms with Gasteiger partial charge < -0.3 is 9.47 Å². The van der Waals surface area contributed by atoms with Crippen molar-refractivity contribution in [3.63, 3.8) is 0 Å². The summed E-state index contributed by atoms with van der Waals surface area (Å²) in [7, 11) is 0. The highest BCUT2D eigenvalue weighted by molar-refractivity contribution is 5.65. The zero-order valence-corrected chi connectivity index (χ0v) is 11.5. The summed E-state index contributed by atoms with van der Waals surface area (Å²) < 4.78 is 11.2. The summed E-state index contributed by atoms with van der Waals surface area (Å²) in [6.07, 6.45) is 9.86. The normalized spacial score (nSPS) is 22.0. The molecule has 0 amide bonds. The fraction of sp³-hybridized carbons (Fsp3) is 0.667. The molecule has 0 aromatic carbocycles. The molecule has 0 bridgehead atoms. The minimum absolute atomic E-state index is 0.0150. The first-order valence-corrected chi connectivity index (χ1v) is 6.72. The summed E-state index contributed by atoms with van der Waals surface area (Å²) >= 11 is 0. The van der Waals surface area contributed by atoms with Gasteiger partial charge in [0.25, 0.3) is 0 Å². The molecule has 1 atom stereocenters. The third-order valence-corrected chi connectivity index (χ3v) is 3.02. The van der Waals surface area contributed by atoms with Gasteiger partial charge in [0.05, 0.1) is 6.61 Å². The average Bonchev–Trinajstić information content (AvgIpc) is 2.38. The van der Waals surface area contributed by atoms with Crippen LogP contribution in [0.4, 0.5) is 0 Å². The van der Waals surface area contributed by atoms with Crippen LogP contribution in [0, 0.1) is 0 Å². The number of allylic oxidation sites excluding steroid dienone is 3. The zero-order valence-electron chi connectivity index (χ0n) is 11.5. The van der Waals surface area contributed by atoms with E-state index < -0.39 is 0 Å². The van der Waals surface area contributed by atoms with E-state index in [-0.39, 0.29) is 6.29 Å². The van der Waals surface area contributed by atoms with E-state index in [1.165, 1.54) is 12.0 Å². The van der Waals surface area contributed by atoms with E-state index in [0.717, 1.165) is 44.1 Å². The first-order chi connectivity index (χ1) is 8.72. The number of hydrogen-bond acceptors (Lipinski definition) is 3. The molecular weight excluding hydrogens is 228 g/mol. The highest BCUT2D eigenvalue weighted by atomic mass is 16.7. The largest absolute Gasteiger partial charge is 0.353 e. The van der Waals surface area contributed by atoms with E-state index in [1.807, 2.05) is 6.92 Å². The summed E-state index contributed by atoms with van der Waals surface area (Å²) in [4.78, 5) is 10.3. The highest BCUT2D eigenvalue weighted by Gasteiger charge is 2.13. The Balaban J connectivity index is 2.16. The molecule has 0 aliphatic carbocycles. The van der Waals surface area contributed by atoms with Gasteiger partial charge in [-0.3, -0.25) is 4.79 Å². The first kappa shape index (κ1) is 15.1. The SMILES string of the molecule is C/C(=C\C=O)CC/C=C(\C)COC1CCCCO1. The third-order valence-electron chi connectivity index (χ3n) is 3.02. The first-order valence-electron chi connectivity index (χ1n) is 6.72. The van der Waals surface area contributed by atoms with E-state index in [1.54, 1.807) is 6.08 Å². The van der Waals surface area contributed by atoms with Crippen LogP contribution >= 0.6 is 0 Å². The van der Waals surface area contributed by atoms with Crippen LogP contribution in [-0.4, -0.2) is 25.8 Å². The van der Waals surface area contributed by atoms with E-state index in [0.29, 0.717) is 6.61 Å². The summed E-state index contributed by atoms with van der Waals surface area (Å²) in [5, 5.41) is 0. The Morgan fingerprint density at radius 2 is 2.17 bits per heavy atom. The maximum absolute atomic E-state index is 10.3. The quantitative estimate of drug-likeness (QED) is 0.396. The fourth-order valence-electron chi connectivity index (χ4n) is 1.87. The van der Waals surface area contributed by atoms with Crippen LogP contribution in [0.25, 0.3) is 0 Å². The van der Waals surface area contributed by atoms with Gasteiger partial charge in [-0.1, -0.05) is 17.2 Å². The molecule has 1 fully saturated rings. The van der Waals surface area contributed by atoms with Crippen LogP contribution in [0.3, 0.4) is 0 Å². The third kappa shape index (κ3) is 6.72. The van der Waals surface area contributed by atoms with Crippen molar-refractivity contribution < 1.29 is 14.3 Å². The Labute approximate surface area is 110 Å². The molecule has 102 valence electrons. The molecule has 3 heteroatoms. The van der Waals surface area contributed by atoms with E-state index in [4.69, 9.17) is 9.47 Å². The molecule has 0 spiro atoms. The topological polar surface area (TPSA) is 35.5 Å². The molecule has 0 saturated carbocycles. The molecule has 0 aromatic rings. The maximum Gasteiger partial charge on any atom is 0.158 e. The molecule has 0 radical (unpaired) electrons. The average molecular weight is 252 g/mol. The number of rotatable bonds is 7. The molecule has 1 heterocycles. The predicted molar refractivity (Wildman–Crippen MR) is 72.4 cm³/mol. The van der Waals surface area contributed by atoms with Gasteiger partial charge in [0.2, 0.25) is 0 Å². The Bertz CT molecular complexity index is 299. The van der Waals surface area contributed by atoms with Crippen LogP contribution in [0.5, 0.6) is 0 Å². The molecule has 1 saturated heterocycles. The van der Waals surface area contributed by atoms with Gasteiger partial charge in [-0.05, 0) is 52.0 Å². The van der Waals surface area contributed by atoms with Gasteiger partial charge >= 0.3 is 0 Å². The van der Waals surface area contributed by atoms with Gasteiger partial charge in [0.1, 0.15) is 6.29 Å². The van der Waals surface area contributed by atoms with Crippen molar-refractivity contribution in [3.8, 4) is 0 Å². The fourth-order valence-corrected chi connectivity index (χ4v) is 1.87. The number of ether oxygens (including phenoxy) is 2. The number of carbonyl (C=O) groups is 1. The van der Waals surface area contributed by atoms with E-state index in [2.05, 4.69) is 13.0 Å². The Hall–Kier alpha value is -0.930. The van der Waals surface area contributed by atoms with Gasteiger partial charge in [-0.15, -0.1) is 0 Å². The predicted octanol–water partition coefficient (Wildman–Crippen LogP) is 3.40. The zero-order chi connectivity index (χ0) is 13.2. The highest BCUT2D eigenvalue weighted by Crippen LogP contribution is 2.15. The van der Waals surface area contributed by atoms with E-state index >= 15 is 0 Å². The van der Waals surface area contributed by atoms with Gasteiger partial charge in [0.15, 0.2) is 6.29 Å². The Morgan fingerprint density at radius 3 is 2.83 bits per heavy atom. The molecular formula is C15H24O3. The van der Waals surface area contributed by atoms with E-state index in [9.17, 15) is 4.79 Å². The second-order valence-electron chi connectivity index (χ2n) is 4.85. The van der Waals surface area contributed by atoms with Crippen LogP contribution in [0.2, 0.25) is 0 Å². The van der Waals surface area contributed by atoms with Crippen LogP contribution < -0.4 is 0 Å². The molecule has 1 aliphatic heterocycles. The second kappa shape index (κ2) is 9.06. The number of aldehydes is 1. The summed E-state index contributed by atoms with van der Waals surface area (Å²) in [6.45, 7) is 5.51. The standard InChI is InChI=1S/C15H24O3/c1-13(9-10-16)6-5-7-14(2)12-18-15-8-3-4-11-17-15/h7,9-10,15H,3-6,8,11-12H2,1-2H3/b13-9+,14-7+. The maximum atomic E-state index is 10.3. The van der Waals surface area contributed by atoms with Crippen molar-refractivity contribution in [1.82, 2.24) is 0 Å². The van der Waals surface area contributed by atoms with Gasteiger partial charge in [-0.25, -0.2) is 0 Å². The molecule has 1 rings (SSSR count). The minimum atomic E-state index is -0.0150. The number of hydrogen-bond donors (Lipinski definition) is 0. The lowest BCUT2D eigenvalue weighted by molar-refractivity contribution is -0.156. The van der Waals surface area contributed by atoms with Crippen molar-refractivity contribution in [2.75, 3.05) is 13.2 Å². The monoisotopic (exact) mass is 252 g/mol. The van der Waals surface area contributed by atoms with Crippen molar-refractivity contribution in [3.05, 3.63) is 23.3 Å².